The number of carbonyl (C=O) groups excluding carboxylic acids is 1. The van der Waals surface area contributed by atoms with Gasteiger partial charge in [0, 0.05) is 33.0 Å². The lowest BCUT2D eigenvalue weighted by Gasteiger charge is -2.26. The highest BCUT2D eigenvalue weighted by Gasteiger charge is 2.37. The average Bonchev–Trinajstić information content (AvgIpc) is 3.17. The van der Waals surface area contributed by atoms with E-state index in [-0.39, 0.29) is 25.0 Å². The minimum absolute atomic E-state index is 0.104. The summed E-state index contributed by atoms with van der Waals surface area (Å²) < 4.78 is 50.1. The molecule has 7 nitrogen and oxygen atoms in total. The molecule has 1 heterocycles. The first-order valence-electron chi connectivity index (χ1n) is 12.8. The van der Waals surface area contributed by atoms with Crippen molar-refractivity contribution in [3.63, 3.8) is 0 Å². The fourth-order valence-electron chi connectivity index (χ4n) is 4.58. The van der Waals surface area contributed by atoms with Crippen LogP contribution >= 0.6 is 0 Å². The molecule has 3 aromatic carbocycles. The van der Waals surface area contributed by atoms with Crippen LogP contribution < -0.4 is 9.47 Å². The van der Waals surface area contributed by atoms with Crippen LogP contribution in [-0.4, -0.2) is 58.7 Å². The molecular weight excluding hydrogens is 525 g/mol. The van der Waals surface area contributed by atoms with Crippen molar-refractivity contribution in [3.8, 4) is 11.5 Å². The molecule has 0 aromatic heterocycles. The van der Waals surface area contributed by atoms with Crippen LogP contribution in [0, 0.1) is 0 Å². The molecule has 2 amide bonds. The zero-order valence-electron chi connectivity index (χ0n) is 22.2. The third-order valence-corrected chi connectivity index (χ3v) is 6.93. The van der Waals surface area contributed by atoms with E-state index < -0.39 is 23.3 Å². The van der Waals surface area contributed by atoms with Gasteiger partial charge < -0.3 is 24.4 Å². The van der Waals surface area contributed by atoms with Crippen LogP contribution in [0.5, 0.6) is 11.5 Å². The number of carboxylic acids is 1. The van der Waals surface area contributed by atoms with Crippen LogP contribution in [0.25, 0.3) is 0 Å². The van der Waals surface area contributed by atoms with Gasteiger partial charge in [-0.05, 0) is 54.4 Å². The molecule has 1 N–H and O–H groups in total. The minimum Gasteiger partial charge on any atom is -0.494 e. The van der Waals surface area contributed by atoms with Gasteiger partial charge in [0.05, 0.1) is 18.2 Å². The second-order valence-electron chi connectivity index (χ2n) is 10.0. The van der Waals surface area contributed by atoms with Crippen molar-refractivity contribution < 1.29 is 37.3 Å². The van der Waals surface area contributed by atoms with Crippen LogP contribution in [0.2, 0.25) is 0 Å². The Morgan fingerprint density at radius 3 is 2.17 bits per heavy atom. The van der Waals surface area contributed by atoms with Gasteiger partial charge in [0.15, 0.2) is 0 Å². The molecule has 10 heteroatoms. The molecule has 1 fully saturated rings. The van der Waals surface area contributed by atoms with Gasteiger partial charge >= 0.3 is 18.2 Å². The molecule has 2 atom stereocenters. The molecule has 0 spiro atoms. The van der Waals surface area contributed by atoms with Crippen LogP contribution in [0.1, 0.15) is 30.0 Å². The zero-order valence-corrected chi connectivity index (χ0v) is 22.2. The van der Waals surface area contributed by atoms with Crippen molar-refractivity contribution in [2.45, 2.75) is 44.1 Å². The molecule has 0 radical (unpaired) electrons. The number of carbonyl (C=O) groups is 2. The fourth-order valence-corrected chi connectivity index (χ4v) is 4.58. The van der Waals surface area contributed by atoms with Gasteiger partial charge in [-0.2, -0.15) is 13.2 Å². The summed E-state index contributed by atoms with van der Waals surface area (Å²) in [5, 5.41) is 9.79. The monoisotopic (exact) mass is 556 g/mol. The number of halogens is 3. The highest BCUT2D eigenvalue weighted by Crippen LogP contribution is 2.30. The first-order chi connectivity index (χ1) is 18.9. The predicted octanol–water partition coefficient (Wildman–Crippen LogP) is 5.88. The lowest BCUT2D eigenvalue weighted by atomic mass is 9.96. The molecule has 0 aliphatic carbocycles. The number of para-hydroxylation sites is 1. The summed E-state index contributed by atoms with van der Waals surface area (Å²) in [5.41, 5.74) is -0.774. The van der Waals surface area contributed by atoms with E-state index in [1.54, 1.807) is 65.4 Å². The SMILES string of the molecule is CN1C(=O)N(Cc2ccc(C(F)(F)F)cc2)CC1CCOc1ccc(CC(C)(Oc2ccccc2)C(=O)O)cc1. The maximum absolute atomic E-state index is 12.8. The maximum atomic E-state index is 12.8. The van der Waals surface area contributed by atoms with E-state index >= 15 is 0 Å². The quantitative estimate of drug-likeness (QED) is 0.319. The first-order valence-corrected chi connectivity index (χ1v) is 12.8. The van der Waals surface area contributed by atoms with E-state index in [1.807, 2.05) is 6.07 Å². The average molecular weight is 557 g/mol. The summed E-state index contributed by atoms with van der Waals surface area (Å²) in [6.07, 6.45) is -3.68. The Morgan fingerprint density at radius 1 is 0.950 bits per heavy atom. The molecule has 212 valence electrons. The first kappa shape index (κ1) is 28.8. The molecule has 0 bridgehead atoms. The molecule has 2 unspecified atom stereocenters. The van der Waals surface area contributed by atoms with Crippen molar-refractivity contribution in [1.29, 1.82) is 0 Å². The van der Waals surface area contributed by atoms with Gasteiger partial charge in [-0.15, -0.1) is 0 Å². The molecular formula is C30H31F3N2O5. The van der Waals surface area contributed by atoms with Crippen LogP contribution in [-0.2, 0) is 23.9 Å². The second kappa shape index (κ2) is 11.9. The number of benzene rings is 3. The molecule has 1 aliphatic rings. The minimum atomic E-state index is -4.40. The Bertz CT molecular complexity index is 1300. The second-order valence-corrected chi connectivity index (χ2v) is 10.0. The Hall–Kier alpha value is -4.21. The number of urea groups is 1. The van der Waals surface area contributed by atoms with Crippen LogP contribution in [0.15, 0.2) is 78.9 Å². The van der Waals surface area contributed by atoms with Crippen LogP contribution in [0.3, 0.4) is 0 Å². The molecule has 40 heavy (non-hydrogen) atoms. The number of hydrogen-bond donors (Lipinski definition) is 1. The number of ether oxygens (including phenoxy) is 2. The Labute approximate surface area is 230 Å². The summed E-state index contributed by atoms with van der Waals surface area (Å²) in [6, 6.07) is 20.5. The zero-order chi connectivity index (χ0) is 28.9. The van der Waals surface area contributed by atoms with Gasteiger partial charge in [-0.1, -0.05) is 42.5 Å². The molecule has 3 aromatic rings. The van der Waals surface area contributed by atoms with E-state index in [0.717, 1.165) is 17.7 Å². The van der Waals surface area contributed by atoms with Crippen LogP contribution in [0.4, 0.5) is 18.0 Å². The number of carboxylic acid groups (broad SMARTS) is 1. The third kappa shape index (κ3) is 7.05. The summed E-state index contributed by atoms with van der Waals surface area (Å²) in [6.45, 7) is 2.55. The fraction of sp³-hybridized carbons (Fsp3) is 0.333. The van der Waals surface area contributed by atoms with Gasteiger partial charge in [-0.3, -0.25) is 0 Å². The van der Waals surface area contributed by atoms with E-state index in [4.69, 9.17) is 9.47 Å². The summed E-state index contributed by atoms with van der Waals surface area (Å²) in [5.74, 6) is 0.0123. The number of amides is 2. The number of likely N-dealkylation sites (N-methyl/N-ethyl adjacent to an activating group) is 1. The number of hydrogen-bond acceptors (Lipinski definition) is 4. The number of aliphatic carboxylic acids is 1. The van der Waals surface area contributed by atoms with E-state index in [2.05, 4.69) is 0 Å². The molecule has 0 saturated carbocycles. The highest BCUT2D eigenvalue weighted by molar-refractivity contribution is 5.78. The maximum Gasteiger partial charge on any atom is 0.416 e. The third-order valence-electron chi connectivity index (χ3n) is 6.93. The van der Waals surface area contributed by atoms with Crippen molar-refractivity contribution in [3.05, 3.63) is 95.6 Å². The topological polar surface area (TPSA) is 79.3 Å². The van der Waals surface area contributed by atoms with Gasteiger partial charge in [-0.25, -0.2) is 9.59 Å². The largest absolute Gasteiger partial charge is 0.494 e. The Balaban J connectivity index is 1.27. The summed E-state index contributed by atoms with van der Waals surface area (Å²) in [7, 11) is 1.70. The standard InChI is InChI=1S/C30H31F3N2O5/c1-29(27(36)37,40-26-6-4-3-5-7-26)18-21-10-14-25(15-11-21)39-17-16-24-20-35(28(38)34(24)2)19-22-8-12-23(13-9-22)30(31,32)33/h3-15,24H,16-20H2,1-2H3,(H,36,37). The number of rotatable bonds is 11. The summed E-state index contributed by atoms with van der Waals surface area (Å²) >= 11 is 0. The van der Waals surface area contributed by atoms with Crippen molar-refractivity contribution in [2.24, 2.45) is 0 Å². The smallest absolute Gasteiger partial charge is 0.416 e. The van der Waals surface area contributed by atoms with Gasteiger partial charge in [0.1, 0.15) is 11.5 Å². The summed E-state index contributed by atoms with van der Waals surface area (Å²) in [4.78, 5) is 27.9. The van der Waals surface area contributed by atoms with Crippen molar-refractivity contribution in [1.82, 2.24) is 9.80 Å². The number of alkyl halides is 3. The predicted molar refractivity (Wildman–Crippen MR) is 142 cm³/mol. The van der Waals surface area contributed by atoms with Gasteiger partial charge in [0.2, 0.25) is 5.60 Å². The number of nitrogens with zero attached hydrogens (tertiary/aromatic N) is 2. The normalized spacial score (nSPS) is 17.0. The Morgan fingerprint density at radius 2 is 1.57 bits per heavy atom. The van der Waals surface area contributed by atoms with Crippen molar-refractivity contribution >= 4 is 12.0 Å². The lowest BCUT2D eigenvalue weighted by molar-refractivity contribution is -0.153. The van der Waals surface area contributed by atoms with Gasteiger partial charge in [0.25, 0.3) is 0 Å². The van der Waals surface area contributed by atoms with E-state index in [1.165, 1.54) is 19.1 Å². The van der Waals surface area contributed by atoms with E-state index in [0.29, 0.717) is 36.6 Å². The lowest BCUT2D eigenvalue weighted by Crippen LogP contribution is -2.43. The Kier molecular flexibility index (Phi) is 8.56. The molecule has 1 saturated heterocycles. The molecule has 4 rings (SSSR count). The van der Waals surface area contributed by atoms with E-state index in [9.17, 15) is 27.9 Å². The highest BCUT2D eigenvalue weighted by atomic mass is 19.4. The van der Waals surface area contributed by atoms with Crippen molar-refractivity contribution in [2.75, 3.05) is 20.2 Å². The molecule has 1 aliphatic heterocycles.